The van der Waals surface area contributed by atoms with Crippen LogP contribution >= 0.6 is 0 Å². The van der Waals surface area contributed by atoms with Gasteiger partial charge in [0.2, 0.25) is 0 Å². The number of unbranched alkanes of at least 4 members (excludes halogenated alkanes) is 1. The van der Waals surface area contributed by atoms with Gasteiger partial charge in [0.15, 0.2) is 0 Å². The first-order chi connectivity index (χ1) is 17.1. The van der Waals surface area contributed by atoms with Crippen molar-refractivity contribution in [3.63, 3.8) is 0 Å². The van der Waals surface area contributed by atoms with Crippen molar-refractivity contribution in [1.82, 2.24) is 0 Å². The van der Waals surface area contributed by atoms with Gasteiger partial charge in [-0.25, -0.2) is 0 Å². The Bertz CT molecular complexity index is 673. The van der Waals surface area contributed by atoms with Gasteiger partial charge in [-0.05, 0) is 25.0 Å². The molecule has 1 aromatic rings. The third kappa shape index (κ3) is 19.5. The summed E-state index contributed by atoms with van der Waals surface area (Å²) in [5.74, 6) is -0.549. The summed E-state index contributed by atoms with van der Waals surface area (Å²) in [7, 11) is 0. The number of nitrogen functional groups attached to an aromatic ring is 1. The molecule has 3 N–H and O–H groups in total. The fraction of sp³-hybridized carbons (Fsp3) is 0.667. The molecule has 0 aromatic heterocycles. The van der Waals surface area contributed by atoms with Crippen LogP contribution in [0.15, 0.2) is 24.3 Å². The fourth-order valence-corrected chi connectivity index (χ4v) is 2.64. The van der Waals surface area contributed by atoms with Gasteiger partial charge in [0.05, 0.1) is 71.8 Å². The molecule has 0 heterocycles. The third-order valence-electron chi connectivity index (χ3n) is 4.40. The number of nitrogens with two attached hydrogens (primary N) is 1. The van der Waals surface area contributed by atoms with Gasteiger partial charge in [-0.3, -0.25) is 9.59 Å². The van der Waals surface area contributed by atoms with E-state index in [-0.39, 0.29) is 32.0 Å². The Labute approximate surface area is 206 Å². The van der Waals surface area contributed by atoms with Crippen molar-refractivity contribution in [2.24, 2.45) is 0 Å². The van der Waals surface area contributed by atoms with Crippen LogP contribution in [0.2, 0.25) is 0 Å². The Kier molecular flexibility index (Phi) is 19.3. The molecule has 0 saturated carbocycles. The number of carbonyl (C=O) groups is 2. The number of hydrogen-bond acceptors (Lipinski definition) is 10. The number of carboxylic acids is 1. The highest BCUT2D eigenvalue weighted by Gasteiger charge is 2.04. The second kappa shape index (κ2) is 22.1. The van der Waals surface area contributed by atoms with E-state index in [1.807, 2.05) is 18.2 Å². The van der Waals surface area contributed by atoms with Crippen molar-refractivity contribution in [1.29, 1.82) is 0 Å². The Balaban J connectivity index is 1.72. The van der Waals surface area contributed by atoms with Gasteiger partial charge in [-0.2, -0.15) is 0 Å². The van der Waals surface area contributed by atoms with Crippen LogP contribution in [0.4, 0.5) is 5.69 Å². The van der Waals surface area contributed by atoms with Crippen LogP contribution < -0.4 is 10.5 Å². The number of carbonyl (C=O) groups excluding carboxylic acids is 1. The molecule has 0 saturated heterocycles. The molecule has 0 aliphatic carbocycles. The molecule has 0 fully saturated rings. The molecule has 200 valence electrons. The lowest BCUT2D eigenvalue weighted by atomic mass is 10.2. The predicted molar refractivity (Wildman–Crippen MR) is 128 cm³/mol. The summed E-state index contributed by atoms with van der Waals surface area (Å²) in [5.41, 5.74) is 6.40. The maximum absolute atomic E-state index is 11.4. The average molecular weight is 502 g/mol. The van der Waals surface area contributed by atoms with Gasteiger partial charge in [0.1, 0.15) is 19.0 Å². The van der Waals surface area contributed by atoms with E-state index in [2.05, 4.69) is 0 Å². The first kappa shape index (κ1) is 30.6. The lowest BCUT2D eigenvalue weighted by Crippen LogP contribution is -2.15. The van der Waals surface area contributed by atoms with Crippen LogP contribution in [0.5, 0.6) is 5.75 Å². The first-order valence-electron chi connectivity index (χ1n) is 11.8. The van der Waals surface area contributed by atoms with Crippen LogP contribution in [0.1, 0.15) is 25.7 Å². The number of hydrogen-bond donors (Lipinski definition) is 2. The van der Waals surface area contributed by atoms with E-state index >= 15 is 0 Å². The molecule has 0 spiro atoms. The minimum Gasteiger partial charge on any atom is -0.489 e. The zero-order valence-corrected chi connectivity index (χ0v) is 20.3. The van der Waals surface area contributed by atoms with Gasteiger partial charge >= 0.3 is 11.9 Å². The Morgan fingerprint density at radius 3 is 1.63 bits per heavy atom. The van der Waals surface area contributed by atoms with Crippen molar-refractivity contribution in [2.45, 2.75) is 25.7 Å². The van der Waals surface area contributed by atoms with E-state index < -0.39 is 5.97 Å². The van der Waals surface area contributed by atoms with Crippen molar-refractivity contribution in [3.05, 3.63) is 24.3 Å². The molecule has 1 rings (SSSR count). The van der Waals surface area contributed by atoms with Crippen LogP contribution in [0.3, 0.4) is 0 Å². The topological polar surface area (TPSA) is 145 Å². The highest BCUT2D eigenvalue weighted by molar-refractivity contribution is 5.69. The van der Waals surface area contributed by atoms with E-state index in [0.717, 1.165) is 0 Å². The largest absolute Gasteiger partial charge is 0.489 e. The molecule has 0 aliphatic heterocycles. The molecule has 0 radical (unpaired) electrons. The summed E-state index contributed by atoms with van der Waals surface area (Å²) >= 11 is 0. The van der Waals surface area contributed by atoms with Crippen molar-refractivity contribution in [2.75, 3.05) is 85.0 Å². The number of anilines is 1. The van der Waals surface area contributed by atoms with Crippen LogP contribution in [-0.4, -0.2) is 96.3 Å². The number of esters is 1. The number of carboxylic acid groups (broad SMARTS) is 1. The molecule has 0 unspecified atom stereocenters. The zero-order valence-electron chi connectivity index (χ0n) is 20.3. The van der Waals surface area contributed by atoms with Gasteiger partial charge in [-0.15, -0.1) is 0 Å². The number of ether oxygens (including phenoxy) is 7. The molecule has 0 amide bonds. The maximum atomic E-state index is 11.4. The lowest BCUT2D eigenvalue weighted by molar-refractivity contribution is -0.146. The summed E-state index contributed by atoms with van der Waals surface area (Å²) in [4.78, 5) is 21.8. The minimum absolute atomic E-state index is 0.0639. The number of aliphatic carboxylic acids is 1. The van der Waals surface area contributed by atoms with E-state index in [9.17, 15) is 9.59 Å². The molecule has 11 nitrogen and oxygen atoms in total. The Hall–Kier alpha value is -2.44. The zero-order chi connectivity index (χ0) is 25.4. The average Bonchev–Trinajstić information content (AvgIpc) is 2.84. The monoisotopic (exact) mass is 501 g/mol. The normalized spacial score (nSPS) is 10.9. The summed E-state index contributed by atoms with van der Waals surface area (Å²) in [5, 5.41) is 8.52. The van der Waals surface area contributed by atoms with Crippen molar-refractivity contribution in [3.8, 4) is 5.75 Å². The van der Waals surface area contributed by atoms with Gasteiger partial charge in [0.25, 0.3) is 0 Å². The standard InChI is InChI=1S/C24H39NO10/c25-21-5-1-2-6-22(21)34-19-17-32-15-13-30-11-9-29-10-12-31-14-16-33-18-20-35-24(28)8-4-3-7-23(26)27/h1-2,5-6H,3-4,7-20,25H2,(H,26,27). The molecule has 1 aromatic carbocycles. The van der Waals surface area contributed by atoms with Crippen LogP contribution in [0, 0.1) is 0 Å². The quantitative estimate of drug-likeness (QED) is 0.122. The molecule has 0 bridgehead atoms. The summed E-state index contributed by atoms with van der Waals surface area (Å²) in [6.07, 6.45) is 1.25. The molecule has 11 heteroatoms. The summed E-state index contributed by atoms with van der Waals surface area (Å²) < 4.78 is 37.5. The highest BCUT2D eigenvalue weighted by atomic mass is 16.6. The van der Waals surface area contributed by atoms with E-state index in [1.54, 1.807) is 6.07 Å². The fourth-order valence-electron chi connectivity index (χ4n) is 2.64. The van der Waals surface area contributed by atoms with E-state index in [1.165, 1.54) is 0 Å². The molecular weight excluding hydrogens is 462 g/mol. The molecule has 35 heavy (non-hydrogen) atoms. The molecular formula is C24H39NO10. The van der Waals surface area contributed by atoms with Gasteiger partial charge in [0, 0.05) is 12.8 Å². The van der Waals surface area contributed by atoms with E-state index in [4.69, 9.17) is 44.0 Å². The van der Waals surface area contributed by atoms with Gasteiger partial charge in [-0.1, -0.05) is 12.1 Å². The summed E-state index contributed by atoms with van der Waals surface area (Å²) in [6, 6.07) is 7.33. The minimum atomic E-state index is -0.861. The second-order valence-corrected chi connectivity index (χ2v) is 7.27. The third-order valence-corrected chi connectivity index (χ3v) is 4.40. The van der Waals surface area contributed by atoms with Crippen LogP contribution in [0.25, 0.3) is 0 Å². The number of para-hydroxylation sites is 2. The SMILES string of the molecule is Nc1ccccc1OCCOCCOCCOCCOCCOCCOC(=O)CCCCC(=O)O. The van der Waals surface area contributed by atoms with Crippen molar-refractivity contribution >= 4 is 17.6 Å². The number of rotatable bonds is 24. The Morgan fingerprint density at radius 2 is 1.11 bits per heavy atom. The molecule has 0 aliphatic rings. The first-order valence-corrected chi connectivity index (χ1v) is 11.8. The van der Waals surface area contributed by atoms with Gasteiger partial charge < -0.3 is 44.0 Å². The number of benzene rings is 1. The highest BCUT2D eigenvalue weighted by Crippen LogP contribution is 2.19. The van der Waals surface area contributed by atoms with Crippen molar-refractivity contribution < 1.29 is 47.9 Å². The smallest absolute Gasteiger partial charge is 0.305 e. The second-order valence-electron chi connectivity index (χ2n) is 7.27. The molecule has 0 atom stereocenters. The Morgan fingerprint density at radius 1 is 0.657 bits per heavy atom. The van der Waals surface area contributed by atoms with E-state index in [0.29, 0.717) is 90.3 Å². The lowest BCUT2D eigenvalue weighted by Gasteiger charge is -2.09. The summed E-state index contributed by atoms with van der Waals surface area (Å²) in [6.45, 7) is 4.95. The maximum Gasteiger partial charge on any atom is 0.305 e. The predicted octanol–water partition coefficient (Wildman–Crippen LogP) is 1.92. The van der Waals surface area contributed by atoms with Crippen LogP contribution in [-0.2, 0) is 38.0 Å².